The second-order valence-electron chi connectivity index (χ2n) is 4.12. The predicted octanol–water partition coefficient (Wildman–Crippen LogP) is 2.59. The topological polar surface area (TPSA) is 55.1 Å². The van der Waals surface area contributed by atoms with Gasteiger partial charge in [0.2, 0.25) is 0 Å². The number of carboxylic acids is 1. The number of rotatable bonds is 3. The van der Waals surface area contributed by atoms with Crippen LogP contribution < -0.4 is 0 Å². The van der Waals surface area contributed by atoms with Gasteiger partial charge in [-0.25, -0.2) is 9.48 Å². The second-order valence-corrected chi connectivity index (χ2v) is 4.12. The minimum absolute atomic E-state index is 0.839. The average molecular weight is 242 g/mol. The molecule has 0 unspecified atom stereocenters. The maximum atomic E-state index is 10.5. The molecule has 0 saturated carbocycles. The van der Waals surface area contributed by atoms with E-state index in [-0.39, 0.29) is 0 Å². The van der Waals surface area contributed by atoms with Gasteiger partial charge in [-0.1, -0.05) is 12.1 Å². The summed E-state index contributed by atoms with van der Waals surface area (Å²) in [6.45, 7) is 3.93. The molecule has 92 valence electrons. The highest BCUT2D eigenvalue weighted by Gasteiger charge is 2.03. The third-order valence-corrected chi connectivity index (χ3v) is 2.62. The minimum atomic E-state index is -0.952. The van der Waals surface area contributed by atoms with E-state index in [1.54, 1.807) is 10.8 Å². The smallest absolute Gasteiger partial charge is 0.328 e. The summed E-state index contributed by atoms with van der Waals surface area (Å²) >= 11 is 0. The Kier molecular flexibility index (Phi) is 3.28. The van der Waals surface area contributed by atoms with E-state index >= 15 is 0 Å². The molecule has 18 heavy (non-hydrogen) atoms. The Balaban J connectivity index is 2.41. The zero-order chi connectivity index (χ0) is 13.1. The maximum Gasteiger partial charge on any atom is 0.328 e. The van der Waals surface area contributed by atoms with Crippen LogP contribution in [-0.4, -0.2) is 20.9 Å². The number of hydrogen-bond donors (Lipinski definition) is 1. The van der Waals surface area contributed by atoms with E-state index < -0.39 is 5.97 Å². The summed E-state index contributed by atoms with van der Waals surface area (Å²) in [5.41, 5.74) is 3.83. The van der Waals surface area contributed by atoms with Crippen molar-refractivity contribution in [3.63, 3.8) is 0 Å². The van der Waals surface area contributed by atoms with E-state index in [0.29, 0.717) is 0 Å². The zero-order valence-corrected chi connectivity index (χ0v) is 10.3. The van der Waals surface area contributed by atoms with Crippen molar-refractivity contribution in [2.75, 3.05) is 0 Å². The van der Waals surface area contributed by atoms with Crippen molar-refractivity contribution >= 4 is 12.0 Å². The van der Waals surface area contributed by atoms with Gasteiger partial charge in [0.05, 0.1) is 11.4 Å². The Morgan fingerprint density at radius 1 is 1.33 bits per heavy atom. The van der Waals surface area contributed by atoms with Crippen molar-refractivity contribution in [1.82, 2.24) is 9.78 Å². The van der Waals surface area contributed by atoms with Crippen LogP contribution in [0, 0.1) is 13.8 Å². The van der Waals surface area contributed by atoms with Gasteiger partial charge in [-0.2, -0.15) is 5.10 Å². The molecule has 0 atom stereocenters. The first-order chi connectivity index (χ1) is 8.56. The standard InChI is InChI=1S/C14H14N2O2/c1-10-3-4-12(5-6-14(17)18)9-13(10)16-8-7-11(2)15-16/h3-9H,1-2H3,(H,17,18)/b6-5+. The molecule has 2 aromatic rings. The summed E-state index contributed by atoms with van der Waals surface area (Å²) in [6.07, 6.45) is 4.59. The van der Waals surface area contributed by atoms with Crippen molar-refractivity contribution < 1.29 is 9.90 Å². The lowest BCUT2D eigenvalue weighted by atomic mass is 10.1. The normalized spacial score (nSPS) is 11.0. The second kappa shape index (κ2) is 4.87. The number of nitrogens with zero attached hydrogens (tertiary/aromatic N) is 2. The van der Waals surface area contributed by atoms with Crippen molar-refractivity contribution in [3.05, 3.63) is 53.4 Å². The molecule has 0 amide bonds. The lowest BCUT2D eigenvalue weighted by Gasteiger charge is -2.07. The van der Waals surface area contributed by atoms with Gasteiger partial charge in [-0.15, -0.1) is 0 Å². The summed E-state index contributed by atoms with van der Waals surface area (Å²) < 4.78 is 1.79. The Morgan fingerprint density at radius 3 is 2.72 bits per heavy atom. The van der Waals surface area contributed by atoms with Crippen LogP contribution >= 0.6 is 0 Å². The molecule has 0 radical (unpaired) electrons. The van der Waals surface area contributed by atoms with E-state index in [2.05, 4.69) is 5.10 Å². The van der Waals surface area contributed by atoms with Gasteiger partial charge in [-0.05, 0) is 43.2 Å². The Hall–Kier alpha value is -2.36. The molecule has 1 heterocycles. The SMILES string of the molecule is Cc1ccn(-c2cc(/C=C/C(=O)O)ccc2C)n1. The fraction of sp³-hybridized carbons (Fsp3) is 0.143. The predicted molar refractivity (Wildman–Crippen MR) is 69.7 cm³/mol. The summed E-state index contributed by atoms with van der Waals surface area (Å²) in [6, 6.07) is 7.68. The molecule has 0 spiro atoms. The minimum Gasteiger partial charge on any atom is -0.478 e. The highest BCUT2D eigenvalue weighted by atomic mass is 16.4. The number of aryl methyl sites for hydroxylation is 2. The summed E-state index contributed by atoms with van der Waals surface area (Å²) in [5.74, 6) is -0.952. The van der Waals surface area contributed by atoms with Crippen LogP contribution in [0.1, 0.15) is 16.8 Å². The van der Waals surface area contributed by atoms with Gasteiger partial charge < -0.3 is 5.11 Å². The monoisotopic (exact) mass is 242 g/mol. The molecule has 4 nitrogen and oxygen atoms in total. The first-order valence-electron chi connectivity index (χ1n) is 5.60. The van der Waals surface area contributed by atoms with E-state index in [9.17, 15) is 4.79 Å². The summed E-state index contributed by atoms with van der Waals surface area (Å²) in [7, 11) is 0. The van der Waals surface area contributed by atoms with E-state index in [4.69, 9.17) is 5.11 Å². The van der Waals surface area contributed by atoms with Crippen LogP contribution in [0.4, 0.5) is 0 Å². The molecule has 0 aliphatic rings. The van der Waals surface area contributed by atoms with Crippen LogP contribution in [0.3, 0.4) is 0 Å². The number of carbonyl (C=O) groups is 1. The Bertz CT molecular complexity index is 612. The lowest BCUT2D eigenvalue weighted by molar-refractivity contribution is -0.131. The third kappa shape index (κ3) is 2.66. The molecule has 1 aromatic carbocycles. The molecular weight excluding hydrogens is 228 g/mol. The Morgan fingerprint density at radius 2 is 2.11 bits per heavy atom. The third-order valence-electron chi connectivity index (χ3n) is 2.62. The van der Waals surface area contributed by atoms with Crippen LogP contribution in [0.15, 0.2) is 36.5 Å². The zero-order valence-electron chi connectivity index (χ0n) is 10.3. The molecule has 1 aromatic heterocycles. The molecule has 4 heteroatoms. The molecule has 1 N–H and O–H groups in total. The van der Waals surface area contributed by atoms with Crippen molar-refractivity contribution in [1.29, 1.82) is 0 Å². The molecular formula is C14H14N2O2. The quantitative estimate of drug-likeness (QED) is 0.842. The first-order valence-corrected chi connectivity index (χ1v) is 5.60. The number of carboxylic acid groups (broad SMARTS) is 1. The Labute approximate surface area is 105 Å². The van der Waals surface area contributed by atoms with Crippen LogP contribution in [0.5, 0.6) is 0 Å². The molecule has 0 bridgehead atoms. The van der Waals surface area contributed by atoms with Crippen molar-refractivity contribution in [2.24, 2.45) is 0 Å². The fourth-order valence-corrected chi connectivity index (χ4v) is 1.69. The lowest BCUT2D eigenvalue weighted by Crippen LogP contribution is -1.98. The first kappa shape index (κ1) is 12.1. The molecule has 0 aliphatic carbocycles. The van der Waals surface area contributed by atoms with Crippen LogP contribution in [0.2, 0.25) is 0 Å². The highest BCUT2D eigenvalue weighted by molar-refractivity contribution is 5.85. The van der Waals surface area contributed by atoms with Gasteiger partial charge in [0.25, 0.3) is 0 Å². The number of aliphatic carboxylic acids is 1. The fourth-order valence-electron chi connectivity index (χ4n) is 1.69. The van der Waals surface area contributed by atoms with Gasteiger partial charge >= 0.3 is 5.97 Å². The van der Waals surface area contributed by atoms with Crippen molar-refractivity contribution in [3.8, 4) is 5.69 Å². The molecule has 0 fully saturated rings. The summed E-state index contributed by atoms with van der Waals surface area (Å²) in [4.78, 5) is 10.5. The number of aromatic nitrogens is 2. The molecule has 2 rings (SSSR count). The number of hydrogen-bond acceptors (Lipinski definition) is 2. The van der Waals surface area contributed by atoms with E-state index in [1.807, 2.05) is 44.3 Å². The average Bonchev–Trinajstić information content (AvgIpc) is 2.74. The van der Waals surface area contributed by atoms with Crippen molar-refractivity contribution in [2.45, 2.75) is 13.8 Å². The summed E-state index contributed by atoms with van der Waals surface area (Å²) in [5, 5.41) is 13.0. The van der Waals surface area contributed by atoms with Gasteiger partial charge in [0.1, 0.15) is 0 Å². The van der Waals surface area contributed by atoms with Crippen LogP contribution in [0.25, 0.3) is 11.8 Å². The van der Waals surface area contributed by atoms with Crippen LogP contribution in [-0.2, 0) is 4.79 Å². The number of benzene rings is 1. The van der Waals surface area contributed by atoms with Gasteiger partial charge in [0, 0.05) is 12.3 Å². The van der Waals surface area contributed by atoms with E-state index in [0.717, 1.165) is 28.6 Å². The largest absolute Gasteiger partial charge is 0.478 e. The van der Waals surface area contributed by atoms with E-state index in [1.165, 1.54) is 0 Å². The molecule has 0 saturated heterocycles. The molecule has 0 aliphatic heterocycles. The highest BCUT2D eigenvalue weighted by Crippen LogP contribution is 2.16. The maximum absolute atomic E-state index is 10.5. The van der Waals surface area contributed by atoms with Gasteiger partial charge in [0.15, 0.2) is 0 Å². The van der Waals surface area contributed by atoms with Gasteiger partial charge in [-0.3, -0.25) is 0 Å².